The summed E-state index contributed by atoms with van der Waals surface area (Å²) in [7, 11) is 0. The van der Waals surface area contributed by atoms with Crippen molar-refractivity contribution in [3.8, 4) is 0 Å². The number of aryl methyl sites for hydroxylation is 1. The Balaban J connectivity index is 3.43. The largest absolute Gasteiger partial charge is 0.477 e. The van der Waals surface area contributed by atoms with E-state index < -0.39 is 5.97 Å². The minimum atomic E-state index is -1.08. The number of carboxylic acids is 1. The Bertz CT molecular complexity index is 336. The molecule has 0 bridgehead atoms. The van der Waals surface area contributed by atoms with Gasteiger partial charge in [-0.15, -0.1) is 0 Å². The van der Waals surface area contributed by atoms with Crippen molar-refractivity contribution >= 4 is 5.97 Å². The molecule has 1 aromatic rings. The first-order valence-electron chi connectivity index (χ1n) is 3.34. The molecule has 0 amide bonds. The molecule has 0 saturated heterocycles. The standard InChI is InChI=1S/C7H8N2O3/c1-4-6(7(10)11)5(2)9(12)3-8-4/h3H,1-2H3,(H-,10,11,12)/p+1. The molecule has 0 aliphatic carbocycles. The monoisotopic (exact) mass is 169 g/mol. The van der Waals surface area contributed by atoms with Crippen LogP contribution in [0.15, 0.2) is 6.33 Å². The molecule has 5 nitrogen and oxygen atoms in total. The Morgan fingerprint density at radius 2 is 2.17 bits per heavy atom. The smallest absolute Gasteiger partial charge is 0.344 e. The average Bonchev–Trinajstić information content (AvgIpc) is 1.97. The van der Waals surface area contributed by atoms with Crippen molar-refractivity contribution in [1.29, 1.82) is 0 Å². The van der Waals surface area contributed by atoms with Crippen molar-refractivity contribution < 1.29 is 19.8 Å². The lowest BCUT2D eigenvalue weighted by Crippen LogP contribution is -2.36. The van der Waals surface area contributed by atoms with Crippen LogP contribution in [0.3, 0.4) is 0 Å². The molecule has 0 saturated carbocycles. The van der Waals surface area contributed by atoms with Gasteiger partial charge in [0.2, 0.25) is 0 Å². The lowest BCUT2D eigenvalue weighted by Gasteiger charge is -1.98. The highest BCUT2D eigenvalue weighted by Crippen LogP contribution is 2.05. The predicted octanol–water partition coefficient (Wildman–Crippen LogP) is -0.0786. The van der Waals surface area contributed by atoms with E-state index in [1.807, 2.05) is 0 Å². The number of nitrogens with zero attached hydrogens (tertiary/aromatic N) is 2. The Morgan fingerprint density at radius 3 is 2.58 bits per heavy atom. The Hall–Kier alpha value is -1.65. The van der Waals surface area contributed by atoms with Gasteiger partial charge in [0.05, 0.1) is 0 Å². The number of carboxylic acid groups (broad SMARTS) is 1. The van der Waals surface area contributed by atoms with Crippen molar-refractivity contribution in [3.63, 3.8) is 0 Å². The van der Waals surface area contributed by atoms with Gasteiger partial charge in [-0.2, -0.15) is 0 Å². The molecule has 1 heterocycles. The minimum Gasteiger partial charge on any atom is -0.477 e. The van der Waals surface area contributed by atoms with Crippen LogP contribution in [0.1, 0.15) is 21.7 Å². The SMILES string of the molecule is Cc1nc[n+](O)c(C)c1C(=O)O. The van der Waals surface area contributed by atoms with Gasteiger partial charge in [-0.25, -0.2) is 4.79 Å². The summed E-state index contributed by atoms with van der Waals surface area (Å²) < 4.78 is 0.691. The summed E-state index contributed by atoms with van der Waals surface area (Å²) in [5.74, 6) is -1.08. The molecule has 0 aliphatic rings. The van der Waals surface area contributed by atoms with Crippen LogP contribution in [-0.2, 0) is 0 Å². The number of carbonyl (C=O) groups is 1. The molecule has 0 unspecified atom stereocenters. The molecule has 5 heteroatoms. The molecule has 0 aliphatic heterocycles. The maximum Gasteiger partial charge on any atom is 0.344 e. The van der Waals surface area contributed by atoms with Crippen molar-refractivity contribution in [1.82, 2.24) is 4.98 Å². The zero-order valence-electron chi connectivity index (χ0n) is 6.77. The van der Waals surface area contributed by atoms with Gasteiger partial charge in [-0.05, 0) is 4.98 Å². The van der Waals surface area contributed by atoms with Crippen LogP contribution in [0.4, 0.5) is 0 Å². The van der Waals surface area contributed by atoms with E-state index in [9.17, 15) is 4.79 Å². The van der Waals surface area contributed by atoms with E-state index in [0.717, 1.165) is 6.33 Å². The molecule has 0 atom stereocenters. The van der Waals surface area contributed by atoms with Crippen molar-refractivity contribution in [2.75, 3.05) is 0 Å². The first kappa shape index (κ1) is 8.45. The van der Waals surface area contributed by atoms with Crippen LogP contribution in [-0.4, -0.2) is 21.3 Å². The van der Waals surface area contributed by atoms with E-state index in [1.54, 1.807) is 6.92 Å². The lowest BCUT2D eigenvalue weighted by atomic mass is 10.2. The van der Waals surface area contributed by atoms with Crippen LogP contribution in [0.25, 0.3) is 0 Å². The molecule has 0 radical (unpaired) electrons. The fourth-order valence-electron chi connectivity index (χ4n) is 0.978. The Morgan fingerprint density at radius 1 is 1.58 bits per heavy atom. The second-order valence-electron chi connectivity index (χ2n) is 2.44. The molecule has 0 aromatic carbocycles. The Labute approximate surface area is 68.9 Å². The highest BCUT2D eigenvalue weighted by Gasteiger charge is 2.20. The van der Waals surface area contributed by atoms with E-state index in [-0.39, 0.29) is 11.3 Å². The molecular weight excluding hydrogens is 160 g/mol. The second kappa shape index (κ2) is 2.77. The maximum absolute atomic E-state index is 10.6. The van der Waals surface area contributed by atoms with Crippen LogP contribution in [0, 0.1) is 13.8 Å². The van der Waals surface area contributed by atoms with Gasteiger partial charge in [0.15, 0.2) is 17.0 Å². The molecule has 12 heavy (non-hydrogen) atoms. The zero-order chi connectivity index (χ0) is 9.30. The van der Waals surface area contributed by atoms with Crippen LogP contribution in [0.2, 0.25) is 0 Å². The van der Waals surface area contributed by atoms with E-state index in [4.69, 9.17) is 10.3 Å². The summed E-state index contributed by atoms with van der Waals surface area (Å²) in [5.41, 5.74) is 0.709. The van der Waals surface area contributed by atoms with Gasteiger partial charge in [-0.1, -0.05) is 4.73 Å². The average molecular weight is 169 g/mol. The van der Waals surface area contributed by atoms with E-state index in [2.05, 4.69) is 4.98 Å². The van der Waals surface area contributed by atoms with Gasteiger partial charge in [-0.3, -0.25) is 0 Å². The summed E-state index contributed by atoms with van der Waals surface area (Å²) in [6, 6.07) is 0. The number of hydrogen-bond donors (Lipinski definition) is 2. The number of aromatic carboxylic acids is 1. The fourth-order valence-corrected chi connectivity index (χ4v) is 0.978. The fraction of sp³-hybridized carbons (Fsp3) is 0.286. The number of rotatable bonds is 1. The maximum atomic E-state index is 10.6. The molecule has 1 rings (SSSR count). The van der Waals surface area contributed by atoms with E-state index >= 15 is 0 Å². The lowest BCUT2D eigenvalue weighted by molar-refractivity contribution is -0.910. The Kier molecular flexibility index (Phi) is 1.95. The molecule has 2 N–H and O–H groups in total. The van der Waals surface area contributed by atoms with Crippen molar-refractivity contribution in [2.24, 2.45) is 0 Å². The third-order valence-corrected chi connectivity index (χ3v) is 1.64. The summed E-state index contributed by atoms with van der Waals surface area (Å²) in [6.07, 6.45) is 1.16. The predicted molar refractivity (Wildman–Crippen MR) is 38.0 cm³/mol. The van der Waals surface area contributed by atoms with Gasteiger partial charge in [0.1, 0.15) is 0 Å². The van der Waals surface area contributed by atoms with Gasteiger partial charge >= 0.3 is 12.3 Å². The number of hydrogen-bond acceptors (Lipinski definition) is 3. The van der Waals surface area contributed by atoms with Gasteiger partial charge in [0.25, 0.3) is 0 Å². The molecule has 0 fully saturated rings. The summed E-state index contributed by atoms with van der Waals surface area (Å²) >= 11 is 0. The minimum absolute atomic E-state index is 0.0417. The highest BCUT2D eigenvalue weighted by atomic mass is 16.5. The highest BCUT2D eigenvalue weighted by molar-refractivity contribution is 5.89. The second-order valence-corrected chi connectivity index (χ2v) is 2.44. The zero-order valence-corrected chi connectivity index (χ0v) is 6.77. The van der Waals surface area contributed by atoms with E-state index in [1.165, 1.54) is 6.92 Å². The van der Waals surface area contributed by atoms with Crippen LogP contribution >= 0.6 is 0 Å². The summed E-state index contributed by atoms with van der Waals surface area (Å²) in [5, 5.41) is 17.8. The molecule has 1 aromatic heterocycles. The summed E-state index contributed by atoms with van der Waals surface area (Å²) in [6.45, 7) is 3.09. The first-order valence-corrected chi connectivity index (χ1v) is 3.34. The molecule has 0 spiro atoms. The van der Waals surface area contributed by atoms with Crippen molar-refractivity contribution in [3.05, 3.63) is 23.3 Å². The van der Waals surface area contributed by atoms with Gasteiger partial charge < -0.3 is 10.3 Å². The van der Waals surface area contributed by atoms with Crippen molar-refractivity contribution in [2.45, 2.75) is 13.8 Å². The number of aromatic nitrogens is 2. The normalized spacial score (nSPS) is 9.83. The quantitative estimate of drug-likeness (QED) is 0.455. The van der Waals surface area contributed by atoms with Gasteiger partial charge in [0, 0.05) is 13.8 Å². The van der Waals surface area contributed by atoms with Crippen LogP contribution < -0.4 is 4.73 Å². The van der Waals surface area contributed by atoms with E-state index in [0.29, 0.717) is 10.4 Å². The third kappa shape index (κ3) is 1.20. The third-order valence-electron chi connectivity index (χ3n) is 1.64. The first-order chi connectivity index (χ1) is 5.54. The molecule has 64 valence electrons. The summed E-state index contributed by atoms with van der Waals surface area (Å²) in [4.78, 5) is 14.3. The molecular formula is C7H9N2O3+. The topological polar surface area (TPSA) is 74.3 Å². The van der Waals surface area contributed by atoms with Crippen LogP contribution in [0.5, 0.6) is 0 Å².